The molecule has 0 fully saturated rings. The summed E-state index contributed by atoms with van der Waals surface area (Å²) in [4.78, 5) is 34.4. The summed E-state index contributed by atoms with van der Waals surface area (Å²) in [5, 5.41) is 2.75. The van der Waals surface area contributed by atoms with Gasteiger partial charge >= 0.3 is 0 Å². The third-order valence-electron chi connectivity index (χ3n) is 7.26. The lowest BCUT2D eigenvalue weighted by atomic mass is 10.1. The van der Waals surface area contributed by atoms with Crippen LogP contribution in [-0.4, -0.2) is 26.9 Å². The fourth-order valence-corrected chi connectivity index (χ4v) is 5.20. The van der Waals surface area contributed by atoms with Crippen LogP contribution >= 0.6 is 0 Å². The van der Waals surface area contributed by atoms with Crippen molar-refractivity contribution in [2.45, 2.75) is 78.7 Å². The third kappa shape index (κ3) is 6.32. The Kier molecular flexibility index (Phi) is 9.33. The molecule has 5 heteroatoms. The molecule has 0 N–H and O–H groups in total. The van der Waals surface area contributed by atoms with E-state index in [4.69, 9.17) is 4.98 Å². The minimum atomic E-state index is -0.353. The molecule has 0 aliphatic carbocycles. The van der Waals surface area contributed by atoms with E-state index in [0.717, 1.165) is 29.3 Å². The van der Waals surface area contributed by atoms with E-state index < -0.39 is 0 Å². The van der Waals surface area contributed by atoms with Crippen LogP contribution in [0.4, 0.5) is 0 Å². The lowest BCUT2D eigenvalue weighted by Gasteiger charge is -2.32. The lowest BCUT2D eigenvalue weighted by molar-refractivity contribution is -0.134. The maximum atomic E-state index is 13.9. The molecule has 1 atom stereocenters. The second-order valence-electron chi connectivity index (χ2n) is 10.8. The smallest absolute Gasteiger partial charge is 0.266 e. The van der Waals surface area contributed by atoms with Crippen LogP contribution in [0.5, 0.6) is 0 Å². The molecule has 0 aliphatic rings. The standard InChI is InChI=1S/C33H41N3O2/c1-5-6-7-8-9-10-19-31(37)35(23-24(2)3)25(4)32-34-30-18-14-13-17-29(30)33(38)36(32)28-21-20-26-15-11-12-16-27(26)22-28/h11-18,20-22,24-25H,5-10,19,23H2,1-4H3. The number of carbonyl (C=O) groups is 1. The highest BCUT2D eigenvalue weighted by Crippen LogP contribution is 2.26. The summed E-state index contributed by atoms with van der Waals surface area (Å²) < 4.78 is 1.71. The van der Waals surface area contributed by atoms with E-state index in [1.54, 1.807) is 4.57 Å². The Morgan fingerprint density at radius 1 is 0.868 bits per heavy atom. The molecule has 38 heavy (non-hydrogen) atoms. The summed E-state index contributed by atoms with van der Waals surface area (Å²) in [6.07, 6.45) is 7.38. The van der Waals surface area contributed by atoms with Crippen LogP contribution < -0.4 is 5.56 Å². The van der Waals surface area contributed by atoms with Gasteiger partial charge in [-0.2, -0.15) is 0 Å². The minimum absolute atomic E-state index is 0.111. The number of aromatic nitrogens is 2. The van der Waals surface area contributed by atoms with Crippen LogP contribution in [0.1, 0.15) is 84.5 Å². The van der Waals surface area contributed by atoms with Gasteiger partial charge < -0.3 is 4.90 Å². The van der Waals surface area contributed by atoms with Gasteiger partial charge in [-0.1, -0.05) is 95.3 Å². The van der Waals surface area contributed by atoms with Crippen LogP contribution in [0.15, 0.2) is 71.5 Å². The highest BCUT2D eigenvalue weighted by molar-refractivity contribution is 5.85. The predicted octanol–water partition coefficient (Wildman–Crippen LogP) is 7.84. The molecule has 1 amide bonds. The monoisotopic (exact) mass is 511 g/mol. The van der Waals surface area contributed by atoms with Gasteiger partial charge in [0.05, 0.1) is 22.6 Å². The Bertz CT molecular complexity index is 1440. The highest BCUT2D eigenvalue weighted by Gasteiger charge is 2.27. The maximum absolute atomic E-state index is 13.9. The van der Waals surface area contributed by atoms with E-state index in [0.29, 0.717) is 35.6 Å². The summed E-state index contributed by atoms with van der Waals surface area (Å²) >= 11 is 0. The molecule has 5 nitrogen and oxygen atoms in total. The van der Waals surface area contributed by atoms with Crippen LogP contribution in [0.3, 0.4) is 0 Å². The van der Waals surface area contributed by atoms with Gasteiger partial charge in [0.1, 0.15) is 5.82 Å². The molecule has 200 valence electrons. The number of unbranched alkanes of at least 4 members (excludes halogenated alkanes) is 5. The Morgan fingerprint density at radius 2 is 1.55 bits per heavy atom. The van der Waals surface area contributed by atoms with Crippen molar-refractivity contribution in [3.63, 3.8) is 0 Å². The Balaban J connectivity index is 1.74. The van der Waals surface area contributed by atoms with Crippen molar-refractivity contribution in [1.82, 2.24) is 14.5 Å². The Morgan fingerprint density at radius 3 is 2.32 bits per heavy atom. The number of fused-ring (bicyclic) bond motifs is 2. The first kappa shape index (κ1) is 27.6. The quantitative estimate of drug-likeness (QED) is 0.182. The molecule has 1 heterocycles. The molecule has 0 spiro atoms. The maximum Gasteiger partial charge on any atom is 0.266 e. The molecule has 4 aromatic rings. The molecule has 1 unspecified atom stereocenters. The van der Waals surface area contributed by atoms with E-state index in [1.165, 1.54) is 25.7 Å². The zero-order valence-electron chi connectivity index (χ0n) is 23.3. The van der Waals surface area contributed by atoms with Crippen molar-refractivity contribution in [2.24, 2.45) is 5.92 Å². The minimum Gasteiger partial charge on any atom is -0.333 e. The molecule has 3 aromatic carbocycles. The second-order valence-corrected chi connectivity index (χ2v) is 10.8. The van der Waals surface area contributed by atoms with E-state index in [-0.39, 0.29) is 17.5 Å². The van der Waals surface area contributed by atoms with Crippen LogP contribution in [-0.2, 0) is 4.79 Å². The molecule has 4 rings (SSSR count). The van der Waals surface area contributed by atoms with Gasteiger partial charge in [0.15, 0.2) is 0 Å². The first-order valence-corrected chi connectivity index (χ1v) is 14.2. The first-order valence-electron chi connectivity index (χ1n) is 14.2. The van der Waals surface area contributed by atoms with Crippen molar-refractivity contribution in [1.29, 1.82) is 0 Å². The highest BCUT2D eigenvalue weighted by atomic mass is 16.2. The van der Waals surface area contributed by atoms with Gasteiger partial charge in [0.2, 0.25) is 5.91 Å². The van der Waals surface area contributed by atoms with Crippen molar-refractivity contribution >= 4 is 27.6 Å². The fourth-order valence-electron chi connectivity index (χ4n) is 5.20. The number of benzene rings is 3. The molecular formula is C33H41N3O2. The average molecular weight is 512 g/mol. The largest absolute Gasteiger partial charge is 0.333 e. The number of hydrogen-bond donors (Lipinski definition) is 0. The fraction of sp³-hybridized carbons (Fsp3) is 0.424. The van der Waals surface area contributed by atoms with Crippen LogP contribution in [0.2, 0.25) is 0 Å². The van der Waals surface area contributed by atoms with Gasteiger partial charge in [-0.15, -0.1) is 0 Å². The van der Waals surface area contributed by atoms with E-state index in [9.17, 15) is 9.59 Å². The van der Waals surface area contributed by atoms with Crippen LogP contribution in [0.25, 0.3) is 27.4 Å². The summed E-state index contributed by atoms with van der Waals surface area (Å²) in [6, 6.07) is 21.3. The van der Waals surface area contributed by atoms with Crippen molar-refractivity contribution in [2.75, 3.05) is 6.54 Å². The molecule has 0 bridgehead atoms. The summed E-state index contributed by atoms with van der Waals surface area (Å²) in [6.45, 7) is 9.10. The van der Waals surface area contributed by atoms with E-state index in [2.05, 4.69) is 32.9 Å². The molecule has 0 saturated heterocycles. The number of para-hydroxylation sites is 1. The molecule has 1 aromatic heterocycles. The molecule has 0 radical (unpaired) electrons. The summed E-state index contributed by atoms with van der Waals surface area (Å²) in [7, 11) is 0. The number of nitrogens with zero attached hydrogens (tertiary/aromatic N) is 3. The first-order chi connectivity index (χ1) is 18.4. The Hall–Kier alpha value is -3.47. The normalized spacial score (nSPS) is 12.3. The van der Waals surface area contributed by atoms with Gasteiger partial charge in [-0.25, -0.2) is 4.98 Å². The predicted molar refractivity (Wildman–Crippen MR) is 158 cm³/mol. The van der Waals surface area contributed by atoms with Gasteiger partial charge in [0, 0.05) is 13.0 Å². The Labute approximate surface area is 226 Å². The van der Waals surface area contributed by atoms with Gasteiger partial charge in [-0.3, -0.25) is 14.2 Å². The third-order valence-corrected chi connectivity index (χ3v) is 7.26. The second kappa shape index (κ2) is 12.9. The molecular weight excluding hydrogens is 470 g/mol. The lowest BCUT2D eigenvalue weighted by Crippen LogP contribution is -2.39. The van der Waals surface area contributed by atoms with E-state index >= 15 is 0 Å². The zero-order chi connectivity index (χ0) is 27.1. The number of rotatable bonds is 12. The van der Waals surface area contributed by atoms with Crippen LogP contribution in [0, 0.1) is 5.92 Å². The molecule has 0 saturated carbocycles. The van der Waals surface area contributed by atoms with E-state index in [1.807, 2.05) is 66.4 Å². The average Bonchev–Trinajstić information content (AvgIpc) is 2.92. The SMILES string of the molecule is CCCCCCCCC(=O)N(CC(C)C)C(C)c1nc2ccccc2c(=O)n1-c1ccc2ccccc2c1. The number of carbonyl (C=O) groups excluding carboxylic acids is 1. The topological polar surface area (TPSA) is 55.2 Å². The number of hydrogen-bond acceptors (Lipinski definition) is 3. The zero-order valence-corrected chi connectivity index (χ0v) is 23.3. The number of amides is 1. The molecule has 0 aliphatic heterocycles. The summed E-state index contributed by atoms with van der Waals surface area (Å²) in [5.41, 5.74) is 1.31. The van der Waals surface area contributed by atoms with Gasteiger partial charge in [0.25, 0.3) is 5.56 Å². The van der Waals surface area contributed by atoms with Crippen molar-refractivity contribution in [3.05, 3.63) is 82.9 Å². The van der Waals surface area contributed by atoms with Crippen molar-refractivity contribution in [3.8, 4) is 5.69 Å². The van der Waals surface area contributed by atoms with Gasteiger partial charge in [-0.05, 0) is 54.3 Å². The van der Waals surface area contributed by atoms with Crippen molar-refractivity contribution < 1.29 is 4.79 Å². The summed E-state index contributed by atoms with van der Waals surface area (Å²) in [5.74, 6) is 1.03.